The fraction of sp³-hybridized carbons (Fsp3) is 0.429. The zero-order valence-corrected chi connectivity index (χ0v) is 16.9. The lowest BCUT2D eigenvalue weighted by Gasteiger charge is -2.27. The number of nitrogens with zero attached hydrogens (tertiary/aromatic N) is 2. The molecule has 0 fully saturated rings. The van der Waals surface area contributed by atoms with Crippen molar-refractivity contribution in [3.8, 4) is 0 Å². The van der Waals surface area contributed by atoms with Gasteiger partial charge in [0.25, 0.3) is 11.8 Å². The highest BCUT2D eigenvalue weighted by atomic mass is 32.1. The second-order valence-corrected chi connectivity index (χ2v) is 7.33. The minimum Gasteiger partial charge on any atom is -0.339 e. The van der Waals surface area contributed by atoms with Crippen molar-refractivity contribution in [2.24, 2.45) is 5.92 Å². The van der Waals surface area contributed by atoms with Crippen LogP contribution in [0.15, 0.2) is 41.8 Å². The summed E-state index contributed by atoms with van der Waals surface area (Å²) in [7, 11) is 1.73. The quantitative estimate of drug-likeness (QED) is 0.660. The number of thiophene rings is 1. The molecule has 0 spiro atoms. The minimum absolute atomic E-state index is 0.0131. The van der Waals surface area contributed by atoms with Crippen LogP contribution in [-0.2, 0) is 0 Å². The van der Waals surface area contributed by atoms with Gasteiger partial charge in [-0.25, -0.2) is 0 Å². The normalized spacial score (nSPS) is 10.8. The molecule has 0 saturated heterocycles. The highest BCUT2D eigenvalue weighted by molar-refractivity contribution is 7.12. The van der Waals surface area contributed by atoms with E-state index in [0.717, 1.165) is 19.4 Å². The highest BCUT2D eigenvalue weighted by Gasteiger charge is 2.24. The van der Waals surface area contributed by atoms with Crippen molar-refractivity contribution in [3.05, 3.63) is 52.2 Å². The average Bonchev–Trinajstić information content (AvgIpc) is 3.22. The van der Waals surface area contributed by atoms with Crippen molar-refractivity contribution in [2.45, 2.75) is 33.6 Å². The van der Waals surface area contributed by atoms with Crippen molar-refractivity contribution in [2.75, 3.05) is 25.0 Å². The molecule has 140 valence electrons. The Morgan fingerprint density at radius 3 is 2.27 bits per heavy atom. The molecule has 5 heteroatoms. The second kappa shape index (κ2) is 9.53. The van der Waals surface area contributed by atoms with Gasteiger partial charge in [-0.2, -0.15) is 0 Å². The van der Waals surface area contributed by atoms with E-state index in [1.54, 1.807) is 18.0 Å². The summed E-state index contributed by atoms with van der Waals surface area (Å²) >= 11 is 1.41. The van der Waals surface area contributed by atoms with E-state index < -0.39 is 0 Å². The van der Waals surface area contributed by atoms with Gasteiger partial charge in [-0.3, -0.25) is 9.59 Å². The van der Waals surface area contributed by atoms with Gasteiger partial charge in [-0.1, -0.05) is 44.9 Å². The summed E-state index contributed by atoms with van der Waals surface area (Å²) in [6.07, 6.45) is 2.11. The summed E-state index contributed by atoms with van der Waals surface area (Å²) < 4.78 is 0. The van der Waals surface area contributed by atoms with E-state index in [1.807, 2.05) is 47.5 Å². The van der Waals surface area contributed by atoms with Crippen LogP contribution in [0.1, 0.15) is 53.6 Å². The maximum absolute atomic E-state index is 13.2. The summed E-state index contributed by atoms with van der Waals surface area (Å²) in [5, 5.41) is 1.88. The number of rotatable bonds is 8. The van der Waals surface area contributed by atoms with Gasteiger partial charge in [0.05, 0.1) is 16.1 Å². The largest absolute Gasteiger partial charge is 0.339 e. The monoisotopic (exact) mass is 372 g/mol. The van der Waals surface area contributed by atoms with Gasteiger partial charge in [-0.05, 0) is 36.4 Å². The zero-order chi connectivity index (χ0) is 19.1. The summed E-state index contributed by atoms with van der Waals surface area (Å²) in [5.74, 6) is 0.390. The number of hydrogen-bond acceptors (Lipinski definition) is 3. The molecule has 2 rings (SSSR count). The van der Waals surface area contributed by atoms with Crippen molar-refractivity contribution in [3.63, 3.8) is 0 Å². The molecule has 2 aromatic rings. The summed E-state index contributed by atoms with van der Waals surface area (Å²) in [6, 6.07) is 11.0. The van der Waals surface area contributed by atoms with Crippen LogP contribution in [0, 0.1) is 5.92 Å². The first kappa shape index (κ1) is 20.2. The van der Waals surface area contributed by atoms with E-state index in [-0.39, 0.29) is 11.8 Å². The molecule has 0 radical (unpaired) electrons. The molecule has 0 atom stereocenters. The minimum atomic E-state index is -0.0942. The number of carbonyl (C=O) groups is 2. The second-order valence-electron chi connectivity index (χ2n) is 6.38. The van der Waals surface area contributed by atoms with E-state index >= 15 is 0 Å². The number of anilines is 1. The lowest BCUT2D eigenvalue weighted by Crippen LogP contribution is -2.36. The van der Waals surface area contributed by atoms with Gasteiger partial charge in [0.15, 0.2) is 0 Å². The van der Waals surface area contributed by atoms with Crippen molar-refractivity contribution >= 4 is 28.8 Å². The predicted molar refractivity (Wildman–Crippen MR) is 109 cm³/mol. The van der Waals surface area contributed by atoms with Gasteiger partial charge in [0.1, 0.15) is 0 Å². The molecule has 1 aromatic carbocycles. The van der Waals surface area contributed by atoms with Gasteiger partial charge < -0.3 is 9.80 Å². The third kappa shape index (κ3) is 4.52. The molecular weight excluding hydrogens is 344 g/mol. The zero-order valence-electron chi connectivity index (χ0n) is 16.1. The van der Waals surface area contributed by atoms with E-state index in [2.05, 4.69) is 13.8 Å². The van der Waals surface area contributed by atoms with Crippen LogP contribution in [0.2, 0.25) is 0 Å². The standard InChI is InChI=1S/C21H28N2O2S/c1-5-16(6-2)15-23(7-3)20(24)17-11-8-9-12-18(17)22(4)21(25)19-13-10-14-26-19/h8-14,16H,5-7,15H2,1-4H3. The molecule has 26 heavy (non-hydrogen) atoms. The number of amides is 2. The van der Waals surface area contributed by atoms with Gasteiger partial charge in [-0.15, -0.1) is 11.3 Å². The fourth-order valence-corrected chi connectivity index (χ4v) is 3.71. The summed E-state index contributed by atoms with van der Waals surface area (Å²) in [6.45, 7) is 7.73. The molecule has 0 N–H and O–H groups in total. The topological polar surface area (TPSA) is 40.6 Å². The Morgan fingerprint density at radius 2 is 1.69 bits per heavy atom. The van der Waals surface area contributed by atoms with Crippen LogP contribution < -0.4 is 4.90 Å². The molecule has 0 unspecified atom stereocenters. The lowest BCUT2D eigenvalue weighted by atomic mass is 10.0. The maximum Gasteiger partial charge on any atom is 0.268 e. The Labute approximate surface area is 160 Å². The van der Waals surface area contributed by atoms with Gasteiger partial charge >= 0.3 is 0 Å². The molecule has 0 aliphatic rings. The van der Waals surface area contributed by atoms with Crippen molar-refractivity contribution < 1.29 is 9.59 Å². The number of carbonyl (C=O) groups excluding carboxylic acids is 2. The van der Waals surface area contributed by atoms with Crippen LogP contribution in [0.4, 0.5) is 5.69 Å². The SMILES string of the molecule is CCC(CC)CN(CC)C(=O)c1ccccc1N(C)C(=O)c1cccs1. The Morgan fingerprint density at radius 1 is 1.00 bits per heavy atom. The first-order chi connectivity index (χ1) is 12.5. The Kier molecular flexibility index (Phi) is 7.39. The molecule has 2 amide bonds. The summed E-state index contributed by atoms with van der Waals surface area (Å²) in [4.78, 5) is 30.0. The molecule has 0 aliphatic heterocycles. The van der Waals surface area contributed by atoms with Gasteiger partial charge in [0.2, 0.25) is 0 Å². The average molecular weight is 373 g/mol. The molecule has 4 nitrogen and oxygen atoms in total. The van der Waals surface area contributed by atoms with E-state index in [1.165, 1.54) is 11.3 Å². The molecule has 0 saturated carbocycles. The molecular formula is C21H28N2O2S. The molecule has 1 aromatic heterocycles. The Bertz CT molecular complexity index is 723. The first-order valence-corrected chi connectivity index (χ1v) is 10.1. The third-order valence-electron chi connectivity index (χ3n) is 4.83. The van der Waals surface area contributed by atoms with E-state index in [0.29, 0.717) is 28.6 Å². The van der Waals surface area contributed by atoms with Crippen molar-refractivity contribution in [1.29, 1.82) is 0 Å². The molecule has 0 aliphatic carbocycles. The Balaban J connectivity index is 2.29. The van der Waals surface area contributed by atoms with Crippen LogP contribution >= 0.6 is 11.3 Å². The molecule has 1 heterocycles. The van der Waals surface area contributed by atoms with Crippen molar-refractivity contribution in [1.82, 2.24) is 4.90 Å². The Hall–Kier alpha value is -2.14. The maximum atomic E-state index is 13.2. The van der Waals surface area contributed by atoms with Crippen LogP contribution in [-0.4, -0.2) is 36.9 Å². The van der Waals surface area contributed by atoms with Crippen LogP contribution in [0.3, 0.4) is 0 Å². The lowest BCUT2D eigenvalue weighted by molar-refractivity contribution is 0.0735. The van der Waals surface area contributed by atoms with E-state index in [4.69, 9.17) is 0 Å². The van der Waals surface area contributed by atoms with Gasteiger partial charge in [0, 0.05) is 20.1 Å². The van der Waals surface area contributed by atoms with Crippen LogP contribution in [0.25, 0.3) is 0 Å². The van der Waals surface area contributed by atoms with Crippen LogP contribution in [0.5, 0.6) is 0 Å². The molecule has 0 bridgehead atoms. The highest BCUT2D eigenvalue weighted by Crippen LogP contribution is 2.24. The predicted octanol–water partition coefficient (Wildman–Crippen LogP) is 4.92. The van der Waals surface area contributed by atoms with E-state index in [9.17, 15) is 9.59 Å². The number of benzene rings is 1. The fourth-order valence-electron chi connectivity index (χ4n) is 3.01. The summed E-state index contributed by atoms with van der Waals surface area (Å²) in [5.41, 5.74) is 1.23. The smallest absolute Gasteiger partial charge is 0.268 e. The number of hydrogen-bond donors (Lipinski definition) is 0. The number of para-hydroxylation sites is 1. The first-order valence-electron chi connectivity index (χ1n) is 9.23. The third-order valence-corrected chi connectivity index (χ3v) is 5.69.